The van der Waals surface area contributed by atoms with Crippen molar-refractivity contribution < 1.29 is 9.53 Å². The van der Waals surface area contributed by atoms with Crippen LogP contribution in [0.1, 0.15) is 29.3 Å². The highest BCUT2D eigenvalue weighted by Gasteiger charge is 2.19. The summed E-state index contributed by atoms with van der Waals surface area (Å²) >= 11 is 1.41. The van der Waals surface area contributed by atoms with Gasteiger partial charge < -0.3 is 10.5 Å². The van der Waals surface area contributed by atoms with Crippen molar-refractivity contribution in [2.45, 2.75) is 20.3 Å². The first-order valence-corrected chi connectivity index (χ1v) is 6.31. The van der Waals surface area contributed by atoms with Gasteiger partial charge in [-0.2, -0.15) is 0 Å². The van der Waals surface area contributed by atoms with Crippen molar-refractivity contribution in [2.24, 2.45) is 0 Å². The van der Waals surface area contributed by atoms with Gasteiger partial charge in [0.2, 0.25) is 5.13 Å². The van der Waals surface area contributed by atoms with Crippen molar-refractivity contribution in [1.82, 2.24) is 19.7 Å². The molecule has 0 aromatic carbocycles. The van der Waals surface area contributed by atoms with Crippen LogP contribution >= 0.6 is 11.3 Å². The van der Waals surface area contributed by atoms with Crippen molar-refractivity contribution in [3.8, 4) is 5.13 Å². The fourth-order valence-corrected chi connectivity index (χ4v) is 2.11. The minimum atomic E-state index is -0.533. The third-order valence-electron chi connectivity index (χ3n) is 2.24. The number of carbonyl (C=O) groups is 1. The molecule has 0 saturated carbocycles. The maximum absolute atomic E-state index is 11.6. The van der Waals surface area contributed by atoms with Crippen LogP contribution in [0.15, 0.2) is 6.33 Å². The maximum Gasteiger partial charge on any atom is 0.360 e. The summed E-state index contributed by atoms with van der Waals surface area (Å²) in [5.41, 5.74) is 5.96. The van der Waals surface area contributed by atoms with Crippen LogP contribution in [0.25, 0.3) is 5.13 Å². The fourth-order valence-electron chi connectivity index (χ4n) is 1.35. The summed E-state index contributed by atoms with van der Waals surface area (Å²) in [4.78, 5) is 15.5. The van der Waals surface area contributed by atoms with E-state index in [1.165, 1.54) is 22.2 Å². The Kier molecular flexibility index (Phi) is 3.56. The molecule has 0 spiro atoms. The molecule has 18 heavy (non-hydrogen) atoms. The Bertz CT molecular complexity index is 562. The van der Waals surface area contributed by atoms with Gasteiger partial charge in [-0.25, -0.2) is 9.78 Å². The molecule has 0 radical (unpaired) electrons. The molecule has 2 heterocycles. The average molecular weight is 267 g/mol. The Morgan fingerprint density at radius 3 is 2.89 bits per heavy atom. The van der Waals surface area contributed by atoms with E-state index in [2.05, 4.69) is 15.2 Å². The number of imidazole rings is 1. The van der Waals surface area contributed by atoms with Gasteiger partial charge in [-0.1, -0.05) is 18.3 Å². The molecule has 2 aromatic rings. The number of nitrogens with two attached hydrogens (primary N) is 1. The lowest BCUT2D eigenvalue weighted by molar-refractivity contribution is 0.0521. The van der Waals surface area contributed by atoms with Crippen LogP contribution < -0.4 is 5.73 Å². The van der Waals surface area contributed by atoms with Gasteiger partial charge in [0.25, 0.3) is 0 Å². The SMILES string of the molecule is CCOC(=O)c1ncn(-c2nnc(CC)s2)c1N. The number of aromatic nitrogens is 4. The average Bonchev–Trinajstić information content (AvgIpc) is 2.95. The summed E-state index contributed by atoms with van der Waals surface area (Å²) in [5, 5.41) is 9.48. The van der Waals surface area contributed by atoms with Crippen molar-refractivity contribution in [3.05, 3.63) is 17.0 Å². The molecule has 2 N–H and O–H groups in total. The Balaban J connectivity index is 2.33. The molecule has 0 amide bonds. The van der Waals surface area contributed by atoms with Gasteiger partial charge in [0, 0.05) is 0 Å². The molecule has 2 rings (SSSR count). The number of aryl methyl sites for hydroxylation is 1. The summed E-state index contributed by atoms with van der Waals surface area (Å²) in [6.45, 7) is 4.00. The molecular weight excluding hydrogens is 254 g/mol. The van der Waals surface area contributed by atoms with E-state index in [0.29, 0.717) is 5.13 Å². The minimum Gasteiger partial charge on any atom is -0.461 e. The largest absolute Gasteiger partial charge is 0.461 e. The molecule has 0 atom stereocenters. The molecule has 8 heteroatoms. The summed E-state index contributed by atoms with van der Waals surface area (Å²) in [7, 11) is 0. The van der Waals surface area contributed by atoms with Crippen molar-refractivity contribution in [3.63, 3.8) is 0 Å². The topological polar surface area (TPSA) is 95.9 Å². The van der Waals surface area contributed by atoms with Gasteiger partial charge in [0.1, 0.15) is 17.2 Å². The van der Waals surface area contributed by atoms with Crippen LogP contribution in [0.4, 0.5) is 5.82 Å². The van der Waals surface area contributed by atoms with E-state index in [1.807, 2.05) is 6.92 Å². The van der Waals surface area contributed by atoms with Gasteiger partial charge in [-0.05, 0) is 13.3 Å². The number of hydrogen-bond acceptors (Lipinski definition) is 7. The van der Waals surface area contributed by atoms with Crippen molar-refractivity contribution in [1.29, 1.82) is 0 Å². The van der Waals surface area contributed by atoms with E-state index >= 15 is 0 Å². The number of carbonyl (C=O) groups excluding carboxylic acids is 1. The van der Waals surface area contributed by atoms with Crippen LogP contribution in [-0.4, -0.2) is 32.3 Å². The zero-order valence-corrected chi connectivity index (χ0v) is 10.9. The van der Waals surface area contributed by atoms with Crippen molar-refractivity contribution >= 4 is 23.1 Å². The van der Waals surface area contributed by atoms with E-state index in [9.17, 15) is 4.79 Å². The Labute approximate surface area is 108 Å². The van der Waals surface area contributed by atoms with Gasteiger partial charge in [-0.15, -0.1) is 10.2 Å². The zero-order valence-electron chi connectivity index (χ0n) is 10.1. The molecule has 2 aromatic heterocycles. The van der Waals surface area contributed by atoms with Crippen LogP contribution in [0.3, 0.4) is 0 Å². The third kappa shape index (κ3) is 2.19. The van der Waals surface area contributed by atoms with E-state index in [0.717, 1.165) is 11.4 Å². The quantitative estimate of drug-likeness (QED) is 0.832. The maximum atomic E-state index is 11.6. The molecule has 0 unspecified atom stereocenters. The lowest BCUT2D eigenvalue weighted by Crippen LogP contribution is -2.09. The predicted molar refractivity (Wildman–Crippen MR) is 66.8 cm³/mol. The molecule has 0 bridgehead atoms. The van der Waals surface area contributed by atoms with E-state index in [4.69, 9.17) is 10.5 Å². The second kappa shape index (κ2) is 5.13. The zero-order chi connectivity index (χ0) is 13.1. The number of rotatable bonds is 4. The minimum absolute atomic E-state index is 0.102. The third-order valence-corrected chi connectivity index (χ3v) is 3.30. The Morgan fingerprint density at radius 1 is 1.50 bits per heavy atom. The molecule has 0 aliphatic heterocycles. The van der Waals surface area contributed by atoms with Gasteiger partial charge in [-0.3, -0.25) is 4.57 Å². The second-order valence-electron chi connectivity index (χ2n) is 3.40. The Morgan fingerprint density at radius 2 is 2.28 bits per heavy atom. The number of ether oxygens (including phenoxy) is 1. The highest BCUT2D eigenvalue weighted by Crippen LogP contribution is 2.21. The molecule has 0 fully saturated rings. The molecule has 0 saturated heterocycles. The second-order valence-corrected chi connectivity index (χ2v) is 4.44. The molecule has 0 aliphatic carbocycles. The van der Waals surface area contributed by atoms with Crippen LogP contribution in [0, 0.1) is 0 Å². The predicted octanol–water partition coefficient (Wildman–Crippen LogP) is 1.05. The van der Waals surface area contributed by atoms with E-state index in [-0.39, 0.29) is 18.1 Å². The highest BCUT2D eigenvalue weighted by molar-refractivity contribution is 7.13. The highest BCUT2D eigenvalue weighted by atomic mass is 32.1. The van der Waals surface area contributed by atoms with Crippen molar-refractivity contribution in [2.75, 3.05) is 12.3 Å². The molecule has 96 valence electrons. The standard InChI is InChI=1S/C10H13N5O2S/c1-3-6-13-14-10(18-6)15-5-12-7(8(15)11)9(16)17-4-2/h5H,3-4,11H2,1-2H3. The molecule has 0 aliphatic rings. The van der Waals surface area contributed by atoms with Gasteiger partial charge in [0.05, 0.1) is 6.61 Å². The van der Waals surface area contributed by atoms with Gasteiger partial charge in [0.15, 0.2) is 5.69 Å². The molecular formula is C10H13N5O2S. The number of esters is 1. The first kappa shape index (κ1) is 12.5. The number of nitrogen functional groups attached to an aromatic ring is 1. The normalized spacial score (nSPS) is 10.6. The van der Waals surface area contributed by atoms with E-state index < -0.39 is 5.97 Å². The first-order chi connectivity index (χ1) is 8.67. The summed E-state index contributed by atoms with van der Waals surface area (Å²) < 4.78 is 6.39. The smallest absolute Gasteiger partial charge is 0.360 e. The summed E-state index contributed by atoms with van der Waals surface area (Å²) in [6, 6.07) is 0. The van der Waals surface area contributed by atoms with E-state index in [1.54, 1.807) is 6.92 Å². The first-order valence-electron chi connectivity index (χ1n) is 5.50. The van der Waals surface area contributed by atoms with Crippen LogP contribution in [0.5, 0.6) is 0 Å². The molecule has 7 nitrogen and oxygen atoms in total. The fraction of sp³-hybridized carbons (Fsp3) is 0.400. The van der Waals surface area contributed by atoms with Crippen LogP contribution in [0.2, 0.25) is 0 Å². The number of anilines is 1. The van der Waals surface area contributed by atoms with Crippen LogP contribution in [-0.2, 0) is 11.2 Å². The summed E-state index contributed by atoms with van der Waals surface area (Å²) in [5.74, 6) is -0.318. The van der Waals surface area contributed by atoms with Gasteiger partial charge >= 0.3 is 5.97 Å². The monoisotopic (exact) mass is 267 g/mol. The number of hydrogen-bond donors (Lipinski definition) is 1. The summed E-state index contributed by atoms with van der Waals surface area (Å²) in [6.07, 6.45) is 2.25. The lowest BCUT2D eigenvalue weighted by atomic mass is 10.4. The lowest BCUT2D eigenvalue weighted by Gasteiger charge is -2.01. The Hall–Kier alpha value is -1.96. The number of nitrogens with zero attached hydrogens (tertiary/aromatic N) is 4.